The quantitative estimate of drug-likeness (QED) is 0.0199. The molecule has 0 rings (SSSR count). The highest BCUT2D eigenvalue weighted by Crippen LogP contribution is 2.12. The fourth-order valence-electron chi connectivity index (χ4n) is 6.44. The van der Waals surface area contributed by atoms with Crippen LogP contribution in [0.4, 0.5) is 0 Å². The molecular formula is C58H92O6. The highest BCUT2D eigenvalue weighted by molar-refractivity contribution is 5.71. The largest absolute Gasteiger partial charge is 0.462 e. The Hall–Kier alpha value is -4.19. The van der Waals surface area contributed by atoms with Gasteiger partial charge in [-0.25, -0.2) is 0 Å². The van der Waals surface area contributed by atoms with Crippen LogP contribution < -0.4 is 0 Å². The SMILES string of the molecule is CC/C=C\C/C=C\C/C=C\C/C=C\C/C=C\CCC(=O)OC(COC(=O)CCCCCCC\C=C/C=C\C=C/C=C\CCCCC)COC(=O)CCCCCCC/C=C\CCCCC. The molecule has 0 aliphatic rings. The first-order valence-electron chi connectivity index (χ1n) is 25.6. The van der Waals surface area contributed by atoms with Crippen molar-refractivity contribution in [3.05, 3.63) is 122 Å². The first-order valence-corrected chi connectivity index (χ1v) is 25.6. The van der Waals surface area contributed by atoms with Gasteiger partial charge in [0.15, 0.2) is 6.10 Å². The molecule has 64 heavy (non-hydrogen) atoms. The van der Waals surface area contributed by atoms with Crippen LogP contribution in [-0.2, 0) is 28.6 Å². The standard InChI is InChI=1S/C58H92O6/c1-4-7-10-13-16-19-22-25-27-29-30-32-33-36-39-42-45-48-51-57(60)63-54-55(53-62-56(59)50-47-44-41-38-35-24-21-18-15-12-9-6-3)64-58(61)52-49-46-43-40-37-34-31-28-26-23-20-17-14-11-8-5-2/h8,11,16-22,25-30,32,34,37,43,46,55H,4-7,9-10,12-15,23-24,31,33,35-36,38-42,44-45,47-54H2,1-3H3/b11-8-,19-16-,20-17-,21-18-,25-22-,28-26-,29-27-,32-30-,37-34-,46-43-. The van der Waals surface area contributed by atoms with Crippen molar-refractivity contribution in [3.8, 4) is 0 Å². The van der Waals surface area contributed by atoms with Crippen LogP contribution >= 0.6 is 0 Å². The van der Waals surface area contributed by atoms with Crippen molar-refractivity contribution < 1.29 is 28.6 Å². The van der Waals surface area contributed by atoms with Crippen LogP contribution in [0, 0.1) is 0 Å². The van der Waals surface area contributed by atoms with E-state index >= 15 is 0 Å². The topological polar surface area (TPSA) is 78.9 Å². The van der Waals surface area contributed by atoms with Gasteiger partial charge < -0.3 is 14.2 Å². The number of hydrogen-bond donors (Lipinski definition) is 0. The summed E-state index contributed by atoms with van der Waals surface area (Å²) >= 11 is 0. The zero-order valence-corrected chi connectivity index (χ0v) is 41.0. The molecule has 0 aliphatic carbocycles. The Balaban J connectivity index is 4.57. The smallest absolute Gasteiger partial charge is 0.306 e. The number of carbonyl (C=O) groups excluding carboxylic acids is 3. The fraction of sp³-hybridized carbons (Fsp3) is 0.603. The lowest BCUT2D eigenvalue weighted by molar-refractivity contribution is -0.166. The average Bonchev–Trinajstić information content (AvgIpc) is 3.29. The van der Waals surface area contributed by atoms with Gasteiger partial charge in [-0.3, -0.25) is 14.4 Å². The second-order valence-electron chi connectivity index (χ2n) is 16.4. The highest BCUT2D eigenvalue weighted by Gasteiger charge is 2.19. The highest BCUT2D eigenvalue weighted by atomic mass is 16.6. The number of ether oxygens (including phenoxy) is 3. The summed E-state index contributed by atoms with van der Waals surface area (Å²) in [4.78, 5) is 37.9. The van der Waals surface area contributed by atoms with Gasteiger partial charge >= 0.3 is 17.9 Å². The lowest BCUT2D eigenvalue weighted by Gasteiger charge is -2.18. The van der Waals surface area contributed by atoms with Gasteiger partial charge in [-0.15, -0.1) is 0 Å². The summed E-state index contributed by atoms with van der Waals surface area (Å²) in [6.45, 7) is 6.35. The molecule has 1 atom stereocenters. The maximum Gasteiger partial charge on any atom is 0.306 e. The summed E-state index contributed by atoms with van der Waals surface area (Å²) in [6, 6.07) is 0. The van der Waals surface area contributed by atoms with Crippen LogP contribution in [0.2, 0.25) is 0 Å². The van der Waals surface area contributed by atoms with Gasteiger partial charge in [-0.2, -0.15) is 0 Å². The minimum absolute atomic E-state index is 0.123. The zero-order valence-electron chi connectivity index (χ0n) is 41.0. The Labute approximate surface area is 392 Å². The van der Waals surface area contributed by atoms with Gasteiger partial charge in [-0.1, -0.05) is 206 Å². The summed E-state index contributed by atoms with van der Waals surface area (Å²) in [5.41, 5.74) is 0. The van der Waals surface area contributed by atoms with E-state index in [4.69, 9.17) is 14.2 Å². The van der Waals surface area contributed by atoms with Gasteiger partial charge in [0, 0.05) is 19.3 Å². The second-order valence-corrected chi connectivity index (χ2v) is 16.4. The van der Waals surface area contributed by atoms with Crippen LogP contribution in [0.15, 0.2) is 122 Å². The lowest BCUT2D eigenvalue weighted by atomic mass is 10.1. The van der Waals surface area contributed by atoms with Crippen LogP contribution in [0.5, 0.6) is 0 Å². The molecule has 0 saturated carbocycles. The molecule has 0 saturated heterocycles. The van der Waals surface area contributed by atoms with E-state index in [2.05, 4.69) is 130 Å². The normalized spacial score (nSPS) is 13.1. The lowest BCUT2D eigenvalue weighted by Crippen LogP contribution is -2.30. The van der Waals surface area contributed by atoms with E-state index in [0.29, 0.717) is 19.3 Å². The summed E-state index contributed by atoms with van der Waals surface area (Å²) in [5.74, 6) is -1.05. The molecule has 0 radical (unpaired) electrons. The van der Waals surface area contributed by atoms with E-state index < -0.39 is 12.1 Å². The van der Waals surface area contributed by atoms with Gasteiger partial charge in [0.25, 0.3) is 0 Å². The number of rotatable bonds is 44. The third-order valence-electron chi connectivity index (χ3n) is 10.3. The average molecular weight is 885 g/mol. The van der Waals surface area contributed by atoms with Crippen molar-refractivity contribution in [2.75, 3.05) is 13.2 Å². The molecule has 0 aromatic heterocycles. The summed E-state index contributed by atoms with van der Waals surface area (Å²) in [5, 5.41) is 0. The fourth-order valence-corrected chi connectivity index (χ4v) is 6.44. The van der Waals surface area contributed by atoms with E-state index in [1.807, 2.05) is 12.2 Å². The number of allylic oxidation sites excluding steroid dienone is 20. The molecule has 6 heteroatoms. The Morgan fingerprint density at radius 1 is 0.344 bits per heavy atom. The van der Waals surface area contributed by atoms with E-state index in [1.165, 1.54) is 51.4 Å². The molecule has 0 aromatic carbocycles. The van der Waals surface area contributed by atoms with Crippen LogP contribution in [0.3, 0.4) is 0 Å². The van der Waals surface area contributed by atoms with Gasteiger partial charge in [0.2, 0.25) is 0 Å². The zero-order chi connectivity index (χ0) is 46.5. The summed E-state index contributed by atoms with van der Waals surface area (Å²) in [6.07, 6.45) is 70.4. The molecule has 0 heterocycles. The molecule has 0 N–H and O–H groups in total. The molecule has 0 spiro atoms. The number of hydrogen-bond acceptors (Lipinski definition) is 6. The first kappa shape index (κ1) is 59.8. The Bertz CT molecular complexity index is 1390. The van der Waals surface area contributed by atoms with E-state index in [-0.39, 0.29) is 31.6 Å². The minimum Gasteiger partial charge on any atom is -0.462 e. The van der Waals surface area contributed by atoms with Crippen LogP contribution in [0.25, 0.3) is 0 Å². The van der Waals surface area contributed by atoms with Crippen molar-refractivity contribution in [2.45, 2.75) is 213 Å². The second kappa shape index (κ2) is 51.4. The molecule has 0 aliphatic heterocycles. The first-order chi connectivity index (χ1) is 31.5. The molecule has 0 fully saturated rings. The van der Waals surface area contributed by atoms with Gasteiger partial charge in [0.05, 0.1) is 0 Å². The third kappa shape index (κ3) is 48.8. The summed E-state index contributed by atoms with van der Waals surface area (Å²) in [7, 11) is 0. The monoisotopic (exact) mass is 885 g/mol. The molecule has 0 amide bonds. The van der Waals surface area contributed by atoms with Crippen molar-refractivity contribution >= 4 is 17.9 Å². The number of esters is 3. The van der Waals surface area contributed by atoms with E-state index in [9.17, 15) is 14.4 Å². The van der Waals surface area contributed by atoms with E-state index in [1.54, 1.807) is 0 Å². The van der Waals surface area contributed by atoms with Gasteiger partial charge in [0.1, 0.15) is 13.2 Å². The van der Waals surface area contributed by atoms with Crippen LogP contribution in [-0.4, -0.2) is 37.2 Å². The molecular weight excluding hydrogens is 793 g/mol. The van der Waals surface area contributed by atoms with E-state index in [0.717, 1.165) is 109 Å². The molecule has 0 bridgehead atoms. The van der Waals surface area contributed by atoms with Crippen molar-refractivity contribution in [3.63, 3.8) is 0 Å². The molecule has 6 nitrogen and oxygen atoms in total. The Morgan fingerprint density at radius 2 is 0.703 bits per heavy atom. The molecule has 0 aromatic rings. The maximum atomic E-state index is 12.8. The van der Waals surface area contributed by atoms with Crippen LogP contribution in [0.1, 0.15) is 207 Å². The van der Waals surface area contributed by atoms with Crippen molar-refractivity contribution in [2.24, 2.45) is 0 Å². The predicted octanol–water partition coefficient (Wildman–Crippen LogP) is 16.9. The third-order valence-corrected chi connectivity index (χ3v) is 10.3. The van der Waals surface area contributed by atoms with Crippen molar-refractivity contribution in [1.29, 1.82) is 0 Å². The number of carbonyl (C=O) groups is 3. The number of unbranched alkanes of at least 4 members (excludes halogenated alkanes) is 16. The maximum absolute atomic E-state index is 12.8. The minimum atomic E-state index is -0.833. The Kier molecular flexibility index (Phi) is 48.1. The summed E-state index contributed by atoms with van der Waals surface area (Å²) < 4.78 is 16.7. The van der Waals surface area contributed by atoms with Crippen molar-refractivity contribution in [1.82, 2.24) is 0 Å². The Morgan fingerprint density at radius 3 is 1.16 bits per heavy atom. The predicted molar refractivity (Wildman–Crippen MR) is 274 cm³/mol. The van der Waals surface area contributed by atoms with Gasteiger partial charge in [-0.05, 0) is 103 Å². The molecule has 1 unspecified atom stereocenters. The molecule has 360 valence electrons.